The van der Waals surface area contributed by atoms with Crippen molar-refractivity contribution < 1.29 is 8.42 Å². The Morgan fingerprint density at radius 2 is 2.06 bits per heavy atom. The molecule has 0 unspecified atom stereocenters. The largest absolute Gasteiger partial charge is 0.277 e. The molecule has 1 heterocycles. The van der Waals surface area contributed by atoms with Crippen LogP contribution < -0.4 is 4.72 Å². The van der Waals surface area contributed by atoms with Crippen molar-refractivity contribution in [2.75, 3.05) is 4.72 Å². The summed E-state index contributed by atoms with van der Waals surface area (Å²) in [4.78, 5) is 0. The van der Waals surface area contributed by atoms with Gasteiger partial charge < -0.3 is 0 Å². The Morgan fingerprint density at radius 1 is 1.29 bits per heavy atom. The molecule has 17 heavy (non-hydrogen) atoms. The van der Waals surface area contributed by atoms with Gasteiger partial charge in [0.05, 0.1) is 10.7 Å². The van der Waals surface area contributed by atoms with Gasteiger partial charge in [-0.2, -0.15) is 0 Å². The van der Waals surface area contributed by atoms with E-state index in [9.17, 15) is 8.42 Å². The van der Waals surface area contributed by atoms with Crippen LogP contribution in [-0.2, 0) is 10.0 Å². The number of sulfonamides is 1. The van der Waals surface area contributed by atoms with Crippen molar-refractivity contribution in [3.05, 3.63) is 45.2 Å². The summed E-state index contributed by atoms with van der Waals surface area (Å²) in [5.74, 6) is 0. The average molecular weight is 353 g/mol. The predicted octanol–water partition coefficient (Wildman–Crippen LogP) is 3.96. The van der Waals surface area contributed by atoms with Gasteiger partial charge in [-0.25, -0.2) is 8.42 Å². The van der Waals surface area contributed by atoms with Crippen LogP contribution in [0.15, 0.2) is 44.4 Å². The number of rotatable bonds is 3. The van der Waals surface area contributed by atoms with Crippen LogP contribution in [0.25, 0.3) is 0 Å². The first-order valence-electron chi connectivity index (χ1n) is 4.50. The van der Waals surface area contributed by atoms with Crippen LogP contribution >= 0.6 is 38.9 Å². The second-order valence-corrected chi connectivity index (χ2v) is 7.34. The Balaban J connectivity index is 2.36. The molecule has 0 amide bonds. The normalized spacial score (nSPS) is 11.4. The molecule has 2 aromatic rings. The fourth-order valence-electron chi connectivity index (χ4n) is 1.19. The molecular formula is C10H7BrClNO2S2. The molecule has 2 rings (SSSR count). The minimum Gasteiger partial charge on any atom is -0.277 e. The molecule has 0 bridgehead atoms. The summed E-state index contributed by atoms with van der Waals surface area (Å²) in [6.07, 6.45) is 0. The molecule has 0 aliphatic carbocycles. The molecule has 0 spiro atoms. The highest BCUT2D eigenvalue weighted by Crippen LogP contribution is 2.28. The van der Waals surface area contributed by atoms with Crippen molar-refractivity contribution in [3.8, 4) is 0 Å². The number of benzene rings is 1. The molecule has 3 nitrogen and oxygen atoms in total. The van der Waals surface area contributed by atoms with Gasteiger partial charge in [-0.05, 0) is 29.6 Å². The highest BCUT2D eigenvalue weighted by atomic mass is 79.9. The lowest BCUT2D eigenvalue weighted by Crippen LogP contribution is -2.11. The molecule has 7 heteroatoms. The summed E-state index contributed by atoms with van der Waals surface area (Å²) >= 11 is 10.3. The van der Waals surface area contributed by atoms with Crippen LogP contribution in [0.4, 0.5) is 5.69 Å². The maximum Gasteiger partial charge on any atom is 0.271 e. The zero-order valence-electron chi connectivity index (χ0n) is 8.35. The Bertz CT molecular complexity index is 626. The molecule has 90 valence electrons. The third-order valence-corrected chi connectivity index (χ3v) is 5.52. The number of hydrogen-bond donors (Lipinski definition) is 1. The fourth-order valence-corrected chi connectivity index (χ4v) is 3.83. The zero-order valence-corrected chi connectivity index (χ0v) is 12.3. The first kappa shape index (κ1) is 12.9. The summed E-state index contributed by atoms with van der Waals surface area (Å²) in [5, 5.41) is 2.06. The molecule has 0 fully saturated rings. The molecule has 1 N–H and O–H groups in total. The molecule has 0 radical (unpaired) electrons. The Kier molecular flexibility index (Phi) is 3.77. The minimum absolute atomic E-state index is 0.258. The highest BCUT2D eigenvalue weighted by Gasteiger charge is 2.16. The van der Waals surface area contributed by atoms with E-state index in [2.05, 4.69) is 20.7 Å². The van der Waals surface area contributed by atoms with Crippen molar-refractivity contribution in [2.45, 2.75) is 4.21 Å². The number of halogens is 2. The number of thiophene rings is 1. The van der Waals surface area contributed by atoms with Gasteiger partial charge in [0.2, 0.25) is 0 Å². The molecule has 0 saturated carbocycles. The Hall–Kier alpha value is -0.560. The van der Waals surface area contributed by atoms with E-state index in [1.807, 2.05) is 0 Å². The van der Waals surface area contributed by atoms with Gasteiger partial charge >= 0.3 is 0 Å². The molecule has 0 saturated heterocycles. The SMILES string of the molecule is O=S(=O)(Nc1cc(Br)ccc1Cl)c1cccs1. The van der Waals surface area contributed by atoms with Gasteiger partial charge in [-0.1, -0.05) is 33.6 Å². The summed E-state index contributed by atoms with van der Waals surface area (Å²) < 4.78 is 27.4. The molecule has 1 aromatic heterocycles. The average Bonchev–Trinajstić information content (AvgIpc) is 2.77. The van der Waals surface area contributed by atoms with Crippen molar-refractivity contribution in [3.63, 3.8) is 0 Å². The topological polar surface area (TPSA) is 46.2 Å². The fraction of sp³-hybridized carbons (Fsp3) is 0. The van der Waals surface area contributed by atoms with Gasteiger partial charge in [-0.15, -0.1) is 11.3 Å². The number of nitrogens with one attached hydrogen (secondary N) is 1. The minimum atomic E-state index is -3.55. The first-order valence-corrected chi connectivity index (χ1v) is 8.04. The summed E-state index contributed by atoms with van der Waals surface area (Å²) in [6, 6.07) is 8.21. The third-order valence-electron chi connectivity index (χ3n) is 1.93. The lowest BCUT2D eigenvalue weighted by atomic mass is 10.3. The quantitative estimate of drug-likeness (QED) is 0.908. The zero-order chi connectivity index (χ0) is 12.5. The van der Waals surface area contributed by atoms with E-state index in [1.165, 1.54) is 0 Å². The highest BCUT2D eigenvalue weighted by molar-refractivity contribution is 9.10. The van der Waals surface area contributed by atoms with Crippen LogP contribution in [0.1, 0.15) is 0 Å². The van der Waals surface area contributed by atoms with Crippen LogP contribution in [0.5, 0.6) is 0 Å². The standard InChI is InChI=1S/C10H7BrClNO2S2/c11-7-3-4-8(12)9(6-7)13-17(14,15)10-2-1-5-16-10/h1-6,13H. The summed E-state index contributed by atoms with van der Waals surface area (Å²) in [7, 11) is -3.55. The molecule has 0 aliphatic heterocycles. The molecule has 0 aliphatic rings. The van der Waals surface area contributed by atoms with Crippen molar-refractivity contribution in [2.24, 2.45) is 0 Å². The Morgan fingerprint density at radius 3 is 2.71 bits per heavy atom. The van der Waals surface area contributed by atoms with E-state index in [0.29, 0.717) is 10.7 Å². The maximum atomic E-state index is 12.0. The van der Waals surface area contributed by atoms with Crippen LogP contribution in [0, 0.1) is 0 Å². The van der Waals surface area contributed by atoms with Crippen molar-refractivity contribution in [1.29, 1.82) is 0 Å². The van der Waals surface area contributed by atoms with Crippen LogP contribution in [0.2, 0.25) is 5.02 Å². The van der Waals surface area contributed by atoms with Gasteiger partial charge in [-0.3, -0.25) is 4.72 Å². The second kappa shape index (κ2) is 4.97. The molecule has 1 aromatic carbocycles. The Labute approximate surface area is 117 Å². The van der Waals surface area contributed by atoms with Crippen molar-refractivity contribution >= 4 is 54.6 Å². The van der Waals surface area contributed by atoms with E-state index in [-0.39, 0.29) is 4.21 Å². The smallest absolute Gasteiger partial charge is 0.271 e. The van der Waals surface area contributed by atoms with Crippen LogP contribution in [0.3, 0.4) is 0 Å². The van der Waals surface area contributed by atoms with Gasteiger partial charge in [0.1, 0.15) is 4.21 Å². The van der Waals surface area contributed by atoms with Gasteiger partial charge in [0, 0.05) is 4.47 Å². The number of anilines is 1. The van der Waals surface area contributed by atoms with Gasteiger partial charge in [0.25, 0.3) is 10.0 Å². The monoisotopic (exact) mass is 351 g/mol. The van der Waals surface area contributed by atoms with E-state index in [4.69, 9.17) is 11.6 Å². The van der Waals surface area contributed by atoms with E-state index < -0.39 is 10.0 Å². The lowest BCUT2D eigenvalue weighted by Gasteiger charge is -2.08. The predicted molar refractivity (Wildman–Crippen MR) is 74.3 cm³/mol. The second-order valence-electron chi connectivity index (χ2n) is 3.16. The molecule has 0 atom stereocenters. The van der Waals surface area contributed by atoms with E-state index in [0.717, 1.165) is 15.8 Å². The van der Waals surface area contributed by atoms with Gasteiger partial charge in [0.15, 0.2) is 0 Å². The van der Waals surface area contributed by atoms with E-state index >= 15 is 0 Å². The van der Waals surface area contributed by atoms with E-state index in [1.54, 1.807) is 35.7 Å². The van der Waals surface area contributed by atoms with Crippen LogP contribution in [-0.4, -0.2) is 8.42 Å². The lowest BCUT2D eigenvalue weighted by molar-refractivity contribution is 0.603. The van der Waals surface area contributed by atoms with Crippen molar-refractivity contribution in [1.82, 2.24) is 0 Å². The first-order chi connectivity index (χ1) is 7.99. The summed E-state index contributed by atoms with van der Waals surface area (Å²) in [5.41, 5.74) is 0.356. The summed E-state index contributed by atoms with van der Waals surface area (Å²) in [6.45, 7) is 0. The third kappa shape index (κ3) is 3.01. The number of hydrogen-bond acceptors (Lipinski definition) is 3. The maximum absolute atomic E-state index is 12.0. The molecular weight excluding hydrogens is 346 g/mol.